The molecule has 1 amide bonds. The third-order valence-electron chi connectivity index (χ3n) is 6.05. The molecule has 24 heavy (non-hydrogen) atoms. The average Bonchev–Trinajstić information content (AvgIpc) is 3.21. The molecule has 0 aromatic heterocycles. The number of benzene rings is 1. The molecule has 4 heteroatoms. The fraction of sp³-hybridized carbons (Fsp3) is 0.650. The highest BCUT2D eigenvalue weighted by Crippen LogP contribution is 2.43. The molecule has 1 aromatic rings. The van der Waals surface area contributed by atoms with Crippen LogP contribution in [0.1, 0.15) is 55.6 Å². The van der Waals surface area contributed by atoms with Gasteiger partial charge in [-0.25, -0.2) is 4.39 Å². The van der Waals surface area contributed by atoms with Gasteiger partial charge < -0.3 is 4.90 Å². The molecule has 2 heterocycles. The first kappa shape index (κ1) is 16.1. The van der Waals surface area contributed by atoms with Crippen molar-refractivity contribution >= 4 is 5.91 Å². The Morgan fingerprint density at radius 3 is 2.38 bits per heavy atom. The molecule has 1 saturated carbocycles. The van der Waals surface area contributed by atoms with E-state index in [0.717, 1.165) is 69.5 Å². The van der Waals surface area contributed by atoms with Gasteiger partial charge in [-0.2, -0.15) is 0 Å². The van der Waals surface area contributed by atoms with Crippen molar-refractivity contribution in [2.45, 2.75) is 51.0 Å². The summed E-state index contributed by atoms with van der Waals surface area (Å²) in [5.74, 6) is 0.779. The summed E-state index contributed by atoms with van der Waals surface area (Å²) in [6.07, 6.45) is 6.53. The first-order valence-corrected chi connectivity index (χ1v) is 9.50. The van der Waals surface area contributed by atoms with E-state index < -0.39 is 0 Å². The van der Waals surface area contributed by atoms with Gasteiger partial charge in [0.2, 0.25) is 5.91 Å². The fourth-order valence-corrected chi connectivity index (χ4v) is 4.41. The van der Waals surface area contributed by atoms with Gasteiger partial charge in [0.15, 0.2) is 0 Å². The van der Waals surface area contributed by atoms with Crippen LogP contribution >= 0.6 is 0 Å². The van der Waals surface area contributed by atoms with E-state index in [1.807, 2.05) is 11.0 Å². The van der Waals surface area contributed by atoms with E-state index in [-0.39, 0.29) is 11.7 Å². The Balaban J connectivity index is 1.34. The van der Waals surface area contributed by atoms with E-state index in [9.17, 15) is 9.18 Å². The van der Waals surface area contributed by atoms with Crippen LogP contribution < -0.4 is 0 Å². The van der Waals surface area contributed by atoms with Crippen LogP contribution in [0.2, 0.25) is 0 Å². The zero-order valence-electron chi connectivity index (χ0n) is 14.3. The summed E-state index contributed by atoms with van der Waals surface area (Å²) in [5.41, 5.74) is 1.88. The maximum absolute atomic E-state index is 14.4. The van der Waals surface area contributed by atoms with Crippen LogP contribution in [-0.2, 0) is 11.3 Å². The number of halogens is 1. The molecule has 0 spiro atoms. The van der Waals surface area contributed by atoms with Gasteiger partial charge in [-0.1, -0.05) is 12.1 Å². The summed E-state index contributed by atoms with van der Waals surface area (Å²) in [7, 11) is 0. The van der Waals surface area contributed by atoms with Crippen LogP contribution in [-0.4, -0.2) is 41.9 Å². The van der Waals surface area contributed by atoms with Crippen LogP contribution in [0.4, 0.5) is 4.39 Å². The molecular formula is C20H27FN2O. The Bertz CT molecular complexity index is 600. The van der Waals surface area contributed by atoms with E-state index in [1.165, 1.54) is 12.8 Å². The molecule has 2 saturated heterocycles. The molecule has 2 aliphatic heterocycles. The third kappa shape index (κ3) is 3.21. The minimum absolute atomic E-state index is 0.0753. The van der Waals surface area contributed by atoms with E-state index in [4.69, 9.17) is 0 Å². The minimum Gasteiger partial charge on any atom is -0.342 e. The molecule has 0 atom stereocenters. The smallest absolute Gasteiger partial charge is 0.225 e. The molecule has 3 aliphatic rings. The van der Waals surface area contributed by atoms with Crippen LogP contribution in [0.15, 0.2) is 18.2 Å². The van der Waals surface area contributed by atoms with Gasteiger partial charge in [0.1, 0.15) is 5.82 Å². The van der Waals surface area contributed by atoms with Crippen molar-refractivity contribution in [3.63, 3.8) is 0 Å². The highest BCUT2D eigenvalue weighted by atomic mass is 19.1. The molecule has 130 valence electrons. The molecule has 0 radical (unpaired) electrons. The number of rotatable bonds is 4. The lowest BCUT2D eigenvalue weighted by atomic mass is 9.70. The number of nitrogens with zero attached hydrogens (tertiary/aromatic N) is 2. The van der Waals surface area contributed by atoms with Gasteiger partial charge in [-0.05, 0) is 69.2 Å². The summed E-state index contributed by atoms with van der Waals surface area (Å²) in [6, 6.07) is 5.75. The van der Waals surface area contributed by atoms with Crippen LogP contribution in [0.5, 0.6) is 0 Å². The lowest BCUT2D eigenvalue weighted by Crippen LogP contribution is -2.39. The summed E-state index contributed by atoms with van der Waals surface area (Å²) in [4.78, 5) is 16.7. The van der Waals surface area contributed by atoms with Crippen molar-refractivity contribution in [3.05, 3.63) is 35.1 Å². The topological polar surface area (TPSA) is 23.6 Å². The molecule has 3 fully saturated rings. The van der Waals surface area contributed by atoms with Crippen LogP contribution in [0.25, 0.3) is 0 Å². The number of hydrogen-bond donors (Lipinski definition) is 0. The first-order valence-electron chi connectivity index (χ1n) is 9.50. The highest BCUT2D eigenvalue weighted by Gasteiger charge is 2.38. The second kappa shape index (κ2) is 6.83. The number of hydrogen-bond acceptors (Lipinski definition) is 2. The monoisotopic (exact) mass is 330 g/mol. The molecule has 0 N–H and O–H groups in total. The SMILES string of the molecule is O=C([C@H]1C[C@@H](c2ccc(CN3CCCC3)c(F)c2)C1)N1CCCC1. The minimum atomic E-state index is -0.0753. The zero-order valence-corrected chi connectivity index (χ0v) is 14.3. The Kier molecular flexibility index (Phi) is 4.57. The lowest BCUT2D eigenvalue weighted by molar-refractivity contribution is -0.137. The summed E-state index contributed by atoms with van der Waals surface area (Å²) in [6.45, 7) is 4.76. The lowest BCUT2D eigenvalue weighted by Gasteiger charge is -2.37. The van der Waals surface area contributed by atoms with E-state index in [2.05, 4.69) is 11.0 Å². The number of likely N-dealkylation sites (tertiary alicyclic amines) is 2. The normalized spacial score (nSPS) is 27.5. The predicted octanol–water partition coefficient (Wildman–Crippen LogP) is 3.54. The Labute approximate surface area is 143 Å². The Hall–Kier alpha value is -1.42. The van der Waals surface area contributed by atoms with Crippen molar-refractivity contribution in [2.24, 2.45) is 5.92 Å². The zero-order chi connectivity index (χ0) is 16.5. The second-order valence-corrected chi connectivity index (χ2v) is 7.73. The summed E-state index contributed by atoms with van der Waals surface area (Å²) in [5, 5.41) is 0. The number of carbonyl (C=O) groups is 1. The van der Waals surface area contributed by atoms with Crippen molar-refractivity contribution < 1.29 is 9.18 Å². The molecule has 3 nitrogen and oxygen atoms in total. The average molecular weight is 330 g/mol. The van der Waals surface area contributed by atoms with Crippen molar-refractivity contribution in [3.8, 4) is 0 Å². The standard InChI is InChI=1S/C20H27FN2O/c21-19-13-15(5-6-16(19)14-22-7-1-2-8-22)17-11-18(12-17)20(24)23-9-3-4-10-23/h5-6,13,17-18H,1-4,7-12,14H2/t17-,18+. The van der Waals surface area contributed by atoms with Gasteiger partial charge in [0, 0.05) is 31.1 Å². The molecular weight excluding hydrogens is 303 g/mol. The first-order chi connectivity index (χ1) is 11.7. The van der Waals surface area contributed by atoms with E-state index in [0.29, 0.717) is 11.8 Å². The maximum Gasteiger partial charge on any atom is 0.225 e. The van der Waals surface area contributed by atoms with Gasteiger partial charge in [0.05, 0.1) is 0 Å². The molecule has 0 bridgehead atoms. The van der Waals surface area contributed by atoms with Crippen molar-refractivity contribution in [1.82, 2.24) is 9.80 Å². The van der Waals surface area contributed by atoms with Gasteiger partial charge in [-0.3, -0.25) is 9.69 Å². The largest absolute Gasteiger partial charge is 0.342 e. The van der Waals surface area contributed by atoms with Gasteiger partial charge in [-0.15, -0.1) is 0 Å². The molecule has 1 aliphatic carbocycles. The van der Waals surface area contributed by atoms with Crippen LogP contribution in [0, 0.1) is 11.7 Å². The third-order valence-corrected chi connectivity index (χ3v) is 6.05. The number of carbonyl (C=O) groups excluding carboxylic acids is 1. The predicted molar refractivity (Wildman–Crippen MR) is 92.2 cm³/mol. The van der Waals surface area contributed by atoms with E-state index >= 15 is 0 Å². The molecule has 1 aromatic carbocycles. The van der Waals surface area contributed by atoms with E-state index in [1.54, 1.807) is 6.07 Å². The summed E-state index contributed by atoms with van der Waals surface area (Å²) < 4.78 is 14.4. The Morgan fingerprint density at radius 2 is 1.71 bits per heavy atom. The van der Waals surface area contributed by atoms with Gasteiger partial charge >= 0.3 is 0 Å². The second-order valence-electron chi connectivity index (χ2n) is 7.73. The fourth-order valence-electron chi connectivity index (χ4n) is 4.41. The molecule has 0 unspecified atom stereocenters. The number of amides is 1. The van der Waals surface area contributed by atoms with Crippen molar-refractivity contribution in [1.29, 1.82) is 0 Å². The van der Waals surface area contributed by atoms with Crippen LogP contribution in [0.3, 0.4) is 0 Å². The highest BCUT2D eigenvalue weighted by molar-refractivity contribution is 5.80. The van der Waals surface area contributed by atoms with Crippen molar-refractivity contribution in [2.75, 3.05) is 26.2 Å². The van der Waals surface area contributed by atoms with Gasteiger partial charge in [0.25, 0.3) is 0 Å². The quantitative estimate of drug-likeness (QED) is 0.843. The molecule has 4 rings (SSSR count). The maximum atomic E-state index is 14.4. The Morgan fingerprint density at radius 1 is 1.04 bits per heavy atom. The summed E-state index contributed by atoms with van der Waals surface area (Å²) >= 11 is 0.